The van der Waals surface area contributed by atoms with Crippen LogP contribution in [0, 0.1) is 11.8 Å². The second kappa shape index (κ2) is 6.17. The zero-order valence-electron chi connectivity index (χ0n) is 10.7. The van der Waals surface area contributed by atoms with E-state index in [1.807, 2.05) is 0 Å². The van der Waals surface area contributed by atoms with Crippen LogP contribution in [0.25, 0.3) is 0 Å². The van der Waals surface area contributed by atoms with E-state index in [9.17, 15) is 22.8 Å². The van der Waals surface area contributed by atoms with Crippen molar-refractivity contribution in [2.75, 3.05) is 6.54 Å². The number of hydrogen-bond donors (Lipinski definition) is 1. The van der Waals surface area contributed by atoms with Crippen LogP contribution in [-0.4, -0.2) is 37.6 Å². The third kappa shape index (κ3) is 3.44. The van der Waals surface area contributed by atoms with E-state index in [0.717, 1.165) is 0 Å². The fraction of sp³-hybridized carbons (Fsp3) is 0.583. The molecule has 0 radical (unpaired) electrons. The predicted octanol–water partition coefficient (Wildman–Crippen LogP) is -0.213. The van der Waals surface area contributed by atoms with E-state index < -0.39 is 22.9 Å². The molecule has 20 heavy (non-hydrogen) atoms. The number of carbonyl (C=O) groups is 3. The summed E-state index contributed by atoms with van der Waals surface area (Å²) in [7, 11) is -3.15. The van der Waals surface area contributed by atoms with Gasteiger partial charge in [-0.05, 0) is 31.6 Å². The van der Waals surface area contributed by atoms with Gasteiger partial charge in [-0.1, -0.05) is 0 Å². The molecule has 0 spiro atoms. The van der Waals surface area contributed by atoms with Gasteiger partial charge in [0.05, 0.1) is 5.92 Å². The molecule has 0 saturated heterocycles. The zero-order chi connectivity index (χ0) is 14.7. The number of carbonyl (C=O) groups excluding carboxylic acids is 3. The predicted molar refractivity (Wildman–Crippen MR) is 67.7 cm³/mol. The summed E-state index contributed by atoms with van der Waals surface area (Å²) in [5.41, 5.74) is 0. The summed E-state index contributed by atoms with van der Waals surface area (Å²) >= 11 is 0. The maximum atomic E-state index is 11.4. The Morgan fingerprint density at radius 1 is 1.15 bits per heavy atom. The molecule has 1 aliphatic heterocycles. The van der Waals surface area contributed by atoms with Crippen molar-refractivity contribution in [3.63, 3.8) is 0 Å². The quantitative estimate of drug-likeness (QED) is 0.570. The lowest BCUT2D eigenvalue weighted by atomic mass is 9.82. The van der Waals surface area contributed by atoms with Crippen molar-refractivity contribution in [3.05, 3.63) is 12.2 Å². The lowest BCUT2D eigenvalue weighted by molar-refractivity contribution is -0.141. The van der Waals surface area contributed by atoms with E-state index in [2.05, 4.69) is 4.18 Å². The lowest BCUT2D eigenvalue weighted by Gasteiger charge is -2.29. The molecule has 2 rings (SSSR count). The fourth-order valence-electron chi connectivity index (χ4n) is 2.60. The standard InChI is InChI=1S/C12H15NO6S/c14-10-5-6-11(15)13(10)7-8-1-3-9(4-2-8)12(16)19-20(17)18/h5-6,8-9,20H,1-4,7H2. The summed E-state index contributed by atoms with van der Waals surface area (Å²) in [4.78, 5) is 35.5. The second-order valence-electron chi connectivity index (χ2n) is 4.97. The normalized spacial score (nSPS) is 26.4. The Kier molecular flexibility index (Phi) is 4.53. The number of hydrogen-bond acceptors (Lipinski definition) is 6. The van der Waals surface area contributed by atoms with Crippen molar-refractivity contribution in [3.8, 4) is 0 Å². The molecule has 2 amide bonds. The lowest BCUT2D eigenvalue weighted by Crippen LogP contribution is -2.36. The van der Waals surface area contributed by atoms with Gasteiger partial charge in [-0.15, -0.1) is 0 Å². The van der Waals surface area contributed by atoms with Crippen molar-refractivity contribution in [1.29, 1.82) is 0 Å². The highest BCUT2D eigenvalue weighted by Crippen LogP contribution is 2.30. The van der Waals surface area contributed by atoms with Gasteiger partial charge in [-0.2, -0.15) is 8.42 Å². The molecule has 0 aromatic heterocycles. The average Bonchev–Trinajstić information content (AvgIpc) is 2.70. The molecule has 0 atom stereocenters. The van der Waals surface area contributed by atoms with Crippen molar-refractivity contribution in [2.45, 2.75) is 25.7 Å². The Morgan fingerprint density at radius 2 is 1.70 bits per heavy atom. The summed E-state index contributed by atoms with van der Waals surface area (Å²) in [5.74, 6) is -1.59. The minimum atomic E-state index is -3.15. The van der Waals surface area contributed by atoms with Crippen molar-refractivity contribution in [2.24, 2.45) is 11.8 Å². The fourth-order valence-corrected chi connectivity index (χ4v) is 2.89. The van der Waals surface area contributed by atoms with Crippen molar-refractivity contribution in [1.82, 2.24) is 4.90 Å². The Balaban J connectivity index is 1.81. The first-order chi connectivity index (χ1) is 9.47. The first kappa shape index (κ1) is 14.7. The first-order valence-corrected chi connectivity index (χ1v) is 7.46. The highest BCUT2D eigenvalue weighted by molar-refractivity contribution is 7.67. The van der Waals surface area contributed by atoms with Crippen LogP contribution in [0.3, 0.4) is 0 Å². The molecular weight excluding hydrogens is 286 g/mol. The number of imide groups is 1. The Hall–Kier alpha value is -1.70. The van der Waals surface area contributed by atoms with Crippen molar-refractivity contribution < 1.29 is 27.0 Å². The van der Waals surface area contributed by atoms with Crippen LogP contribution in [0.1, 0.15) is 25.7 Å². The van der Waals surface area contributed by atoms with E-state index in [1.165, 1.54) is 17.1 Å². The van der Waals surface area contributed by atoms with E-state index in [4.69, 9.17) is 0 Å². The van der Waals surface area contributed by atoms with Gasteiger partial charge in [0.2, 0.25) is 0 Å². The van der Waals surface area contributed by atoms with Crippen molar-refractivity contribution >= 4 is 28.8 Å². The number of amides is 2. The second-order valence-corrected chi connectivity index (χ2v) is 5.60. The largest absolute Gasteiger partial charge is 0.347 e. The molecule has 8 heteroatoms. The zero-order valence-corrected chi connectivity index (χ0v) is 11.6. The molecule has 7 nitrogen and oxygen atoms in total. The minimum Gasteiger partial charge on any atom is -0.347 e. The van der Waals surface area contributed by atoms with E-state index in [1.54, 1.807) is 0 Å². The van der Waals surface area contributed by atoms with Gasteiger partial charge in [0.15, 0.2) is 0 Å². The van der Waals surface area contributed by atoms with Gasteiger partial charge in [0, 0.05) is 18.7 Å². The molecule has 0 bridgehead atoms. The average molecular weight is 301 g/mol. The van der Waals surface area contributed by atoms with E-state index in [-0.39, 0.29) is 17.7 Å². The summed E-state index contributed by atoms with van der Waals surface area (Å²) in [6.07, 6.45) is 4.83. The van der Waals surface area contributed by atoms with Crippen LogP contribution in [0.4, 0.5) is 0 Å². The summed E-state index contributed by atoms with van der Waals surface area (Å²) < 4.78 is 24.8. The summed E-state index contributed by atoms with van der Waals surface area (Å²) in [5, 5.41) is 0. The molecule has 1 saturated carbocycles. The van der Waals surface area contributed by atoms with Gasteiger partial charge >= 0.3 is 17.0 Å². The van der Waals surface area contributed by atoms with Gasteiger partial charge in [-0.25, -0.2) is 0 Å². The summed E-state index contributed by atoms with van der Waals surface area (Å²) in [6, 6.07) is 0. The molecule has 1 aliphatic carbocycles. The highest BCUT2D eigenvalue weighted by Gasteiger charge is 2.32. The topological polar surface area (TPSA) is 97.8 Å². The molecule has 0 N–H and O–H groups in total. The maximum absolute atomic E-state index is 11.4. The van der Waals surface area contributed by atoms with E-state index >= 15 is 0 Å². The monoisotopic (exact) mass is 301 g/mol. The number of thiol groups is 1. The third-order valence-electron chi connectivity index (χ3n) is 3.69. The van der Waals surface area contributed by atoms with Crippen LogP contribution in [0.15, 0.2) is 12.2 Å². The molecule has 2 aliphatic rings. The SMILES string of the molecule is O=C(O[SH](=O)=O)C1CCC(CN2C(=O)C=CC2=O)CC1. The van der Waals surface area contributed by atoms with E-state index in [0.29, 0.717) is 32.2 Å². The Bertz CT molecular complexity index is 504. The highest BCUT2D eigenvalue weighted by atomic mass is 32.2. The molecule has 110 valence electrons. The number of nitrogens with zero attached hydrogens (tertiary/aromatic N) is 1. The molecule has 0 aromatic rings. The smallest absolute Gasteiger partial charge is 0.324 e. The number of rotatable bonds is 4. The molecule has 0 unspecified atom stereocenters. The molecule has 0 aromatic carbocycles. The Morgan fingerprint density at radius 3 is 2.20 bits per heavy atom. The van der Waals surface area contributed by atoms with Crippen LogP contribution >= 0.6 is 0 Å². The van der Waals surface area contributed by atoms with Gasteiger partial charge in [0.1, 0.15) is 0 Å². The Labute approximate surface area is 117 Å². The van der Waals surface area contributed by atoms with Gasteiger partial charge in [-0.3, -0.25) is 19.3 Å². The van der Waals surface area contributed by atoms with Crippen LogP contribution in [-0.2, 0) is 29.6 Å². The first-order valence-electron chi connectivity index (χ1n) is 6.37. The van der Waals surface area contributed by atoms with Gasteiger partial charge in [0.25, 0.3) is 11.8 Å². The van der Waals surface area contributed by atoms with Crippen LogP contribution < -0.4 is 0 Å². The molecule has 1 heterocycles. The van der Waals surface area contributed by atoms with Crippen LogP contribution in [0.2, 0.25) is 0 Å². The molecular formula is C12H15NO6S. The third-order valence-corrected chi connectivity index (χ3v) is 4.01. The minimum absolute atomic E-state index is 0.146. The molecule has 1 fully saturated rings. The van der Waals surface area contributed by atoms with Crippen LogP contribution in [0.5, 0.6) is 0 Å². The van der Waals surface area contributed by atoms with Gasteiger partial charge < -0.3 is 4.18 Å². The maximum Gasteiger partial charge on any atom is 0.324 e. The summed E-state index contributed by atoms with van der Waals surface area (Å²) in [6.45, 7) is 0.349.